The first-order valence-corrected chi connectivity index (χ1v) is 4.21. The van der Waals surface area contributed by atoms with Crippen LogP contribution in [0, 0.1) is 0 Å². The summed E-state index contributed by atoms with van der Waals surface area (Å²) in [4.78, 5) is 10.9. The van der Waals surface area contributed by atoms with Gasteiger partial charge in [-0.25, -0.2) is 4.79 Å². The van der Waals surface area contributed by atoms with Crippen molar-refractivity contribution in [2.45, 2.75) is 18.6 Å². The summed E-state index contributed by atoms with van der Waals surface area (Å²) in [5.41, 5.74) is 0.937. The van der Waals surface area contributed by atoms with E-state index < -0.39 is 12.1 Å². The molecule has 2 rings (SSSR count). The van der Waals surface area contributed by atoms with E-state index in [-0.39, 0.29) is 6.10 Å². The summed E-state index contributed by atoms with van der Waals surface area (Å²) in [7, 11) is 0. The Hall–Kier alpha value is -1.35. The third-order valence-electron chi connectivity index (χ3n) is 2.14. The molecular weight excluding hydrogens is 168 g/mol. The third kappa shape index (κ3) is 1.55. The van der Waals surface area contributed by atoms with Crippen molar-refractivity contribution in [2.75, 3.05) is 0 Å². The van der Waals surface area contributed by atoms with Crippen molar-refractivity contribution in [1.82, 2.24) is 0 Å². The van der Waals surface area contributed by atoms with Gasteiger partial charge in [0, 0.05) is 6.42 Å². The Labute approximate surface area is 76.0 Å². The highest BCUT2D eigenvalue weighted by molar-refractivity contribution is 5.76. The van der Waals surface area contributed by atoms with Crippen LogP contribution in [0.2, 0.25) is 0 Å². The lowest BCUT2D eigenvalue weighted by Gasteiger charge is -2.07. The molecule has 2 atom stereocenters. The molecule has 0 aromatic heterocycles. The molecule has 0 radical (unpaired) electrons. The number of hydrogen-bond donors (Lipinski definition) is 1. The lowest BCUT2D eigenvalue weighted by molar-refractivity contribution is -0.147. The first-order valence-electron chi connectivity index (χ1n) is 4.21. The highest BCUT2D eigenvalue weighted by Crippen LogP contribution is 2.29. The van der Waals surface area contributed by atoms with Gasteiger partial charge in [0.2, 0.25) is 0 Å². The molecule has 13 heavy (non-hydrogen) atoms. The fraction of sp³-hybridized carbons (Fsp3) is 0.300. The maximum absolute atomic E-state index is 10.9. The molecular formula is C10H10O3. The number of carbonyl (C=O) groups is 1. The zero-order valence-corrected chi connectivity index (χ0v) is 7.01. The number of aliphatic hydroxyl groups excluding tert-OH is 1. The highest BCUT2D eigenvalue weighted by atomic mass is 16.6. The quantitative estimate of drug-likeness (QED) is 0.653. The minimum absolute atomic E-state index is 0.274. The molecule has 1 aromatic rings. The van der Waals surface area contributed by atoms with E-state index in [4.69, 9.17) is 9.84 Å². The largest absolute Gasteiger partial charge is 0.455 e. The number of hydrogen-bond acceptors (Lipinski definition) is 3. The van der Waals surface area contributed by atoms with Crippen LogP contribution < -0.4 is 0 Å². The maximum Gasteiger partial charge on any atom is 0.335 e. The van der Waals surface area contributed by atoms with Crippen LogP contribution in [-0.4, -0.2) is 17.2 Å². The van der Waals surface area contributed by atoms with E-state index in [1.165, 1.54) is 0 Å². The molecule has 1 unspecified atom stereocenters. The number of aliphatic hydroxyl groups is 1. The average Bonchev–Trinajstić information content (AvgIpc) is 2.49. The van der Waals surface area contributed by atoms with Gasteiger partial charge >= 0.3 is 5.97 Å². The van der Waals surface area contributed by atoms with Crippen LogP contribution in [-0.2, 0) is 9.53 Å². The second-order valence-electron chi connectivity index (χ2n) is 3.09. The fourth-order valence-corrected chi connectivity index (χ4v) is 1.44. The van der Waals surface area contributed by atoms with Gasteiger partial charge in [0.25, 0.3) is 0 Å². The first kappa shape index (κ1) is 8.26. The van der Waals surface area contributed by atoms with E-state index in [1.54, 1.807) is 0 Å². The minimum Gasteiger partial charge on any atom is -0.455 e. The molecule has 0 saturated carbocycles. The van der Waals surface area contributed by atoms with E-state index in [0.29, 0.717) is 6.42 Å². The molecule has 0 spiro atoms. The third-order valence-corrected chi connectivity index (χ3v) is 2.14. The van der Waals surface area contributed by atoms with Gasteiger partial charge in [0.15, 0.2) is 6.10 Å². The molecule has 1 fully saturated rings. The fourth-order valence-electron chi connectivity index (χ4n) is 1.44. The molecule has 68 valence electrons. The molecule has 3 heteroatoms. The maximum atomic E-state index is 10.9. The molecule has 1 N–H and O–H groups in total. The highest BCUT2D eigenvalue weighted by Gasteiger charge is 2.33. The van der Waals surface area contributed by atoms with Gasteiger partial charge in [0.1, 0.15) is 6.10 Å². The molecule has 1 aliphatic rings. The minimum atomic E-state index is -0.954. The smallest absolute Gasteiger partial charge is 0.335 e. The summed E-state index contributed by atoms with van der Waals surface area (Å²) in [5.74, 6) is -0.520. The van der Waals surface area contributed by atoms with E-state index in [2.05, 4.69) is 0 Å². The summed E-state index contributed by atoms with van der Waals surface area (Å²) in [6, 6.07) is 9.43. The standard InChI is InChI=1S/C10H10O3/c11-8-6-9(13-10(8)12)7-4-2-1-3-5-7/h1-5,8-9,11H,6H2/t8-,9?/m1/s1. The summed E-state index contributed by atoms with van der Waals surface area (Å²) in [6.45, 7) is 0. The predicted molar refractivity (Wildman–Crippen MR) is 45.9 cm³/mol. The van der Waals surface area contributed by atoms with Crippen LogP contribution in [0.5, 0.6) is 0 Å². The first-order chi connectivity index (χ1) is 6.27. The number of cyclic esters (lactones) is 1. The summed E-state index contributed by atoms with van der Waals surface area (Å²) in [5, 5.41) is 9.15. The van der Waals surface area contributed by atoms with Crippen molar-refractivity contribution in [3.63, 3.8) is 0 Å². The van der Waals surface area contributed by atoms with Gasteiger partial charge in [-0.2, -0.15) is 0 Å². The normalized spacial score (nSPS) is 27.3. The molecule has 1 heterocycles. The monoisotopic (exact) mass is 178 g/mol. The van der Waals surface area contributed by atoms with Crippen molar-refractivity contribution < 1.29 is 14.6 Å². The molecule has 1 aromatic carbocycles. The van der Waals surface area contributed by atoms with Gasteiger partial charge < -0.3 is 9.84 Å². The lowest BCUT2D eigenvalue weighted by atomic mass is 10.1. The van der Waals surface area contributed by atoms with Crippen LogP contribution in [0.25, 0.3) is 0 Å². The van der Waals surface area contributed by atoms with Gasteiger partial charge in [0.05, 0.1) is 0 Å². The van der Waals surface area contributed by atoms with Crippen molar-refractivity contribution in [3.05, 3.63) is 35.9 Å². The van der Waals surface area contributed by atoms with E-state index >= 15 is 0 Å². The van der Waals surface area contributed by atoms with Crippen LogP contribution in [0.15, 0.2) is 30.3 Å². The molecule has 0 amide bonds. The van der Waals surface area contributed by atoms with Gasteiger partial charge in [-0.05, 0) is 5.56 Å². The van der Waals surface area contributed by atoms with Crippen LogP contribution >= 0.6 is 0 Å². The van der Waals surface area contributed by atoms with Crippen LogP contribution in [0.3, 0.4) is 0 Å². The predicted octanol–water partition coefficient (Wildman–Crippen LogP) is 1.04. The van der Waals surface area contributed by atoms with Gasteiger partial charge in [-0.1, -0.05) is 30.3 Å². The topological polar surface area (TPSA) is 46.5 Å². The summed E-state index contributed by atoms with van der Waals surface area (Å²) < 4.78 is 4.97. The summed E-state index contributed by atoms with van der Waals surface area (Å²) >= 11 is 0. The van der Waals surface area contributed by atoms with Crippen LogP contribution in [0.4, 0.5) is 0 Å². The Morgan fingerprint density at radius 2 is 2.00 bits per heavy atom. The number of ether oxygens (including phenoxy) is 1. The Bertz CT molecular complexity index is 307. The number of esters is 1. The number of rotatable bonds is 1. The second kappa shape index (κ2) is 3.18. The van der Waals surface area contributed by atoms with Crippen molar-refractivity contribution in [3.8, 4) is 0 Å². The number of carbonyl (C=O) groups excluding carboxylic acids is 1. The second-order valence-corrected chi connectivity index (χ2v) is 3.09. The van der Waals surface area contributed by atoms with E-state index in [1.807, 2.05) is 30.3 Å². The number of benzene rings is 1. The molecule has 1 saturated heterocycles. The summed E-state index contributed by atoms with van der Waals surface area (Å²) in [6.07, 6.45) is -0.864. The van der Waals surface area contributed by atoms with Crippen LogP contribution in [0.1, 0.15) is 18.1 Å². The molecule has 0 aliphatic carbocycles. The Balaban J connectivity index is 2.17. The average molecular weight is 178 g/mol. The SMILES string of the molecule is O=C1OC(c2ccccc2)C[C@H]1O. The van der Waals surface area contributed by atoms with Crippen molar-refractivity contribution >= 4 is 5.97 Å². The Kier molecular flexibility index (Phi) is 2.02. The van der Waals surface area contributed by atoms with Crippen molar-refractivity contribution in [1.29, 1.82) is 0 Å². The lowest BCUT2D eigenvalue weighted by Crippen LogP contribution is -2.11. The van der Waals surface area contributed by atoms with Gasteiger partial charge in [-0.15, -0.1) is 0 Å². The molecule has 1 aliphatic heterocycles. The van der Waals surface area contributed by atoms with Crippen molar-refractivity contribution in [2.24, 2.45) is 0 Å². The Morgan fingerprint density at radius 3 is 2.54 bits per heavy atom. The van der Waals surface area contributed by atoms with Gasteiger partial charge in [-0.3, -0.25) is 0 Å². The zero-order valence-electron chi connectivity index (χ0n) is 7.01. The molecule has 3 nitrogen and oxygen atoms in total. The van der Waals surface area contributed by atoms with E-state index in [9.17, 15) is 4.79 Å². The van der Waals surface area contributed by atoms with E-state index in [0.717, 1.165) is 5.56 Å². The molecule has 0 bridgehead atoms. The Morgan fingerprint density at radius 1 is 1.31 bits per heavy atom. The zero-order chi connectivity index (χ0) is 9.26.